The van der Waals surface area contributed by atoms with Crippen LogP contribution in [0.5, 0.6) is 0 Å². The summed E-state index contributed by atoms with van der Waals surface area (Å²) in [6.45, 7) is 6.29. The molecular weight excluding hydrogens is 374 g/mol. The first-order valence-corrected chi connectivity index (χ1v) is 10.6. The van der Waals surface area contributed by atoms with Crippen LogP contribution in [0.25, 0.3) is 22.6 Å². The van der Waals surface area contributed by atoms with Crippen LogP contribution < -0.4 is 4.68 Å². The monoisotopic (exact) mass is 404 g/mol. The van der Waals surface area contributed by atoms with E-state index in [-0.39, 0.29) is 0 Å². The van der Waals surface area contributed by atoms with Crippen molar-refractivity contribution in [1.29, 1.82) is 0 Å². The number of unbranched alkanes of at least 4 members (excludes halogenated alkanes) is 2. The van der Waals surface area contributed by atoms with Crippen LogP contribution in [0.15, 0.2) is 67.1 Å². The van der Waals surface area contributed by atoms with Crippen LogP contribution >= 0.6 is 0 Å². The van der Waals surface area contributed by atoms with Crippen LogP contribution in [0.2, 0.25) is 0 Å². The molecule has 0 aliphatic carbocycles. The number of aromatic nitrogens is 7. The number of aromatic amines is 1. The minimum Gasteiger partial charge on any atom is -0.272 e. The van der Waals surface area contributed by atoms with Gasteiger partial charge in [-0.1, -0.05) is 50.1 Å². The molecule has 3 heterocycles. The van der Waals surface area contributed by atoms with Gasteiger partial charge < -0.3 is 0 Å². The molecule has 0 spiro atoms. The average molecular weight is 405 g/mol. The summed E-state index contributed by atoms with van der Waals surface area (Å²) in [5.74, 6) is 0.907. The lowest BCUT2D eigenvalue weighted by Crippen LogP contribution is -2.38. The molecule has 0 saturated heterocycles. The first-order valence-electron chi connectivity index (χ1n) is 10.6. The number of tetrazole rings is 1. The number of hydrogen-bond acceptors (Lipinski definition) is 4. The smallest absolute Gasteiger partial charge is 0.272 e. The highest BCUT2D eigenvalue weighted by Gasteiger charge is 2.15. The van der Waals surface area contributed by atoms with Gasteiger partial charge in [0, 0.05) is 30.7 Å². The summed E-state index contributed by atoms with van der Waals surface area (Å²) in [4.78, 5) is 4.08. The fourth-order valence-electron chi connectivity index (χ4n) is 2.97. The summed E-state index contributed by atoms with van der Waals surface area (Å²) in [6, 6.07) is 16.1. The fourth-order valence-corrected chi connectivity index (χ4v) is 2.97. The largest absolute Gasteiger partial charge is 0.331 e. The third-order valence-electron chi connectivity index (χ3n) is 4.67. The Morgan fingerprint density at radius 1 is 0.933 bits per heavy atom. The zero-order valence-corrected chi connectivity index (χ0v) is 17.8. The molecule has 4 aromatic rings. The van der Waals surface area contributed by atoms with Crippen molar-refractivity contribution in [2.45, 2.75) is 52.6 Å². The molecule has 7 heteroatoms. The molecule has 0 aliphatic rings. The molecule has 7 nitrogen and oxygen atoms in total. The second kappa shape index (κ2) is 11.6. The van der Waals surface area contributed by atoms with E-state index in [1.165, 1.54) is 19.3 Å². The topological polar surface area (TPSA) is 76.2 Å². The molecule has 0 atom stereocenters. The number of rotatable bonds is 8. The Bertz CT molecular complexity index is 977. The van der Waals surface area contributed by atoms with Gasteiger partial charge in [-0.3, -0.25) is 9.67 Å². The molecule has 3 aromatic heterocycles. The van der Waals surface area contributed by atoms with Crippen molar-refractivity contribution in [1.82, 2.24) is 30.3 Å². The summed E-state index contributed by atoms with van der Waals surface area (Å²) in [6.07, 6.45) is 10.3. The lowest BCUT2D eigenvalue weighted by molar-refractivity contribution is -0.744. The number of aryl methyl sites for hydroxylation is 2. The second-order valence-corrected chi connectivity index (χ2v) is 7.05. The van der Waals surface area contributed by atoms with Gasteiger partial charge >= 0.3 is 5.82 Å². The van der Waals surface area contributed by atoms with Crippen LogP contribution in [0.1, 0.15) is 39.5 Å². The third kappa shape index (κ3) is 6.07. The number of nitrogens with zero attached hydrogens (tertiary/aromatic N) is 6. The molecule has 0 bridgehead atoms. The highest BCUT2D eigenvalue weighted by atomic mass is 15.5. The van der Waals surface area contributed by atoms with Crippen LogP contribution in [0.3, 0.4) is 0 Å². The number of hydrogen-bond donors (Lipinski definition) is 1. The van der Waals surface area contributed by atoms with Gasteiger partial charge in [0.15, 0.2) is 5.21 Å². The van der Waals surface area contributed by atoms with E-state index < -0.39 is 0 Å². The lowest BCUT2D eigenvalue weighted by atomic mass is 10.2. The van der Waals surface area contributed by atoms with Crippen molar-refractivity contribution >= 4 is 0 Å². The maximum absolute atomic E-state index is 4.49. The van der Waals surface area contributed by atoms with Crippen molar-refractivity contribution < 1.29 is 4.68 Å². The highest BCUT2D eigenvalue weighted by Crippen LogP contribution is 2.14. The SMILES string of the molecule is CCCC[n+]1[nH]nnc1-c1ccccc1.CCCCn1ccc(-c2cccnc2)n1. The summed E-state index contributed by atoms with van der Waals surface area (Å²) in [5.41, 5.74) is 3.18. The number of nitrogens with one attached hydrogen (secondary N) is 1. The van der Waals surface area contributed by atoms with Gasteiger partial charge in [0.1, 0.15) is 5.10 Å². The minimum absolute atomic E-state index is 0.907. The van der Waals surface area contributed by atoms with Gasteiger partial charge in [0.05, 0.1) is 17.8 Å². The first kappa shape index (κ1) is 21.4. The standard InChI is InChI=1S/C12H15N3.C11H14N4/c1-2-3-8-15-9-6-12(14-15)11-5-4-7-13-10-11;1-2-3-9-15-11(12-13-14-15)10-7-5-4-6-8-10/h4-7,9-10H,2-3,8H2,1H3;4-8H,2-3,9H2,1H3/p+1. The van der Waals surface area contributed by atoms with Crippen LogP contribution in [-0.2, 0) is 13.1 Å². The zero-order chi connectivity index (χ0) is 21.0. The zero-order valence-electron chi connectivity index (χ0n) is 17.8. The van der Waals surface area contributed by atoms with Gasteiger partial charge in [-0.25, -0.2) is 0 Å². The van der Waals surface area contributed by atoms with Gasteiger partial charge in [-0.05, 0) is 43.2 Å². The molecule has 0 aliphatic heterocycles. The fraction of sp³-hybridized carbons (Fsp3) is 0.348. The molecular formula is C23H30N7+. The van der Waals surface area contributed by atoms with E-state index in [9.17, 15) is 0 Å². The Hall–Kier alpha value is -3.35. The second-order valence-electron chi connectivity index (χ2n) is 7.05. The van der Waals surface area contributed by atoms with Crippen molar-refractivity contribution in [2.24, 2.45) is 0 Å². The normalized spacial score (nSPS) is 10.5. The molecule has 4 rings (SSSR count). The minimum atomic E-state index is 0.907. The molecule has 0 radical (unpaired) electrons. The quantitative estimate of drug-likeness (QED) is 0.444. The van der Waals surface area contributed by atoms with E-state index in [1.54, 1.807) is 6.20 Å². The third-order valence-corrected chi connectivity index (χ3v) is 4.67. The van der Waals surface area contributed by atoms with E-state index in [0.29, 0.717) is 0 Å². The van der Waals surface area contributed by atoms with E-state index in [2.05, 4.69) is 39.5 Å². The van der Waals surface area contributed by atoms with E-state index in [1.807, 2.05) is 70.3 Å². The summed E-state index contributed by atoms with van der Waals surface area (Å²) >= 11 is 0. The predicted octanol–water partition coefficient (Wildman–Crippen LogP) is 4.30. The van der Waals surface area contributed by atoms with Crippen LogP contribution in [-0.4, -0.2) is 30.3 Å². The summed E-state index contributed by atoms with van der Waals surface area (Å²) < 4.78 is 3.98. The van der Waals surface area contributed by atoms with Crippen molar-refractivity contribution in [2.75, 3.05) is 0 Å². The van der Waals surface area contributed by atoms with E-state index >= 15 is 0 Å². The van der Waals surface area contributed by atoms with Gasteiger partial charge in [0.2, 0.25) is 0 Å². The molecule has 0 amide bonds. The predicted molar refractivity (Wildman–Crippen MR) is 117 cm³/mol. The molecule has 1 aromatic carbocycles. The number of H-pyrrole nitrogens is 1. The Balaban J connectivity index is 0.000000171. The van der Waals surface area contributed by atoms with Crippen molar-refractivity contribution in [3.8, 4) is 22.6 Å². The molecule has 0 unspecified atom stereocenters. The van der Waals surface area contributed by atoms with Gasteiger partial charge in [0.25, 0.3) is 0 Å². The molecule has 0 fully saturated rings. The van der Waals surface area contributed by atoms with Gasteiger partial charge in [-0.15, -0.1) is 0 Å². The Labute approximate surface area is 177 Å². The molecule has 0 saturated carbocycles. The maximum atomic E-state index is 4.49. The van der Waals surface area contributed by atoms with Crippen LogP contribution in [0, 0.1) is 0 Å². The van der Waals surface area contributed by atoms with Crippen molar-refractivity contribution in [3.05, 3.63) is 67.1 Å². The molecule has 156 valence electrons. The maximum Gasteiger partial charge on any atom is 0.331 e. The summed E-state index contributed by atoms with van der Waals surface area (Å²) in [7, 11) is 0. The Kier molecular flexibility index (Phi) is 8.26. The first-order chi connectivity index (χ1) is 14.8. The Morgan fingerprint density at radius 2 is 1.73 bits per heavy atom. The average Bonchev–Trinajstić information content (AvgIpc) is 3.48. The molecule has 30 heavy (non-hydrogen) atoms. The van der Waals surface area contributed by atoms with Crippen LogP contribution in [0.4, 0.5) is 0 Å². The highest BCUT2D eigenvalue weighted by molar-refractivity contribution is 5.56. The molecule has 1 N–H and O–H groups in total. The number of benzene rings is 1. The summed E-state index contributed by atoms with van der Waals surface area (Å²) in [5, 5.41) is 15.3. The number of pyridine rings is 1. The van der Waals surface area contributed by atoms with E-state index in [4.69, 9.17) is 0 Å². The van der Waals surface area contributed by atoms with E-state index in [0.717, 1.165) is 42.2 Å². The van der Waals surface area contributed by atoms with Gasteiger partial charge in [-0.2, -0.15) is 9.78 Å². The Morgan fingerprint density at radius 3 is 2.47 bits per heavy atom. The lowest BCUT2D eigenvalue weighted by Gasteiger charge is -1.98. The van der Waals surface area contributed by atoms with Crippen molar-refractivity contribution in [3.63, 3.8) is 0 Å².